The lowest BCUT2D eigenvalue weighted by molar-refractivity contribution is 1.32. The van der Waals surface area contributed by atoms with Crippen molar-refractivity contribution in [3.8, 4) is 67.2 Å². The van der Waals surface area contributed by atoms with Crippen LogP contribution >= 0.6 is 0 Å². The lowest BCUT2D eigenvalue weighted by Crippen LogP contribution is -1.94. The lowest BCUT2D eigenvalue weighted by atomic mass is 9.90. The maximum atomic E-state index is 5.50. The summed E-state index contributed by atoms with van der Waals surface area (Å²) in [5, 5.41) is 8.37. The second-order valence-corrected chi connectivity index (χ2v) is 15.0. The quantitative estimate of drug-likeness (QED) is 0.159. The smallest absolute Gasteiger partial charge is 0.0794 e. The zero-order chi connectivity index (χ0) is 38.4. The summed E-state index contributed by atoms with van der Waals surface area (Å²) < 4.78 is 0. The Hall–Kier alpha value is -7.68. The molecule has 2 aromatic heterocycles. The molecule has 0 saturated carbocycles. The van der Waals surface area contributed by atoms with Crippen LogP contribution in [-0.2, 0) is 0 Å². The first-order valence-electron chi connectivity index (χ1n) is 19.8. The van der Waals surface area contributed by atoms with Gasteiger partial charge in [-0.2, -0.15) is 0 Å². The van der Waals surface area contributed by atoms with E-state index in [2.05, 4.69) is 212 Å². The summed E-state index contributed by atoms with van der Waals surface area (Å²) in [5.41, 5.74) is 14.0. The summed E-state index contributed by atoms with van der Waals surface area (Å²) in [6, 6.07) is 78.2. The molecule has 2 nitrogen and oxygen atoms in total. The zero-order valence-corrected chi connectivity index (χ0v) is 31.7. The number of hydrogen-bond donors (Lipinski definition) is 0. The fraction of sp³-hybridized carbons (Fsp3) is 0. The third-order valence-corrected chi connectivity index (χ3v) is 11.4. The predicted molar refractivity (Wildman–Crippen MR) is 245 cm³/mol. The van der Waals surface area contributed by atoms with Crippen molar-refractivity contribution in [2.75, 3.05) is 0 Å². The highest BCUT2D eigenvalue weighted by Gasteiger charge is 2.17. The van der Waals surface area contributed by atoms with Crippen molar-refractivity contribution in [3.05, 3.63) is 218 Å². The first-order valence-corrected chi connectivity index (χ1v) is 19.8. The average molecular weight is 737 g/mol. The van der Waals surface area contributed by atoms with E-state index in [1.165, 1.54) is 43.6 Å². The van der Waals surface area contributed by atoms with Crippen LogP contribution in [0.15, 0.2) is 218 Å². The summed E-state index contributed by atoms with van der Waals surface area (Å²) in [5.74, 6) is 0. The molecule has 0 atom stereocenters. The van der Waals surface area contributed by atoms with E-state index in [4.69, 9.17) is 9.97 Å². The molecule has 58 heavy (non-hydrogen) atoms. The van der Waals surface area contributed by atoms with Crippen LogP contribution < -0.4 is 0 Å². The normalized spacial score (nSPS) is 11.4. The van der Waals surface area contributed by atoms with Gasteiger partial charge in [0.25, 0.3) is 0 Å². The van der Waals surface area contributed by atoms with Gasteiger partial charge in [0.15, 0.2) is 0 Å². The number of pyridine rings is 2. The molecule has 270 valence electrons. The molecule has 0 radical (unpaired) electrons. The minimum atomic E-state index is 0.932. The van der Waals surface area contributed by atoms with E-state index >= 15 is 0 Å². The standard InChI is InChI=1S/C56H36N2/c1-3-13-37(14-4-1)47-33-53(40-17-5-2-6-18-40)57-54(34-47)41-25-27-42(28-26-41)55-36-51(46-30-24-39-16-8-10-20-44(39)32-46)52-35-50(48-21-11-12-22-49(48)56(52)58-55)45-29-23-38-15-7-9-19-43(38)31-45/h1-36H. The van der Waals surface area contributed by atoms with Gasteiger partial charge in [-0.25, -0.2) is 9.97 Å². The highest BCUT2D eigenvalue weighted by molar-refractivity contribution is 6.16. The Morgan fingerprint density at radius 3 is 1.24 bits per heavy atom. The molecule has 0 aliphatic rings. The van der Waals surface area contributed by atoms with Crippen LogP contribution in [0.3, 0.4) is 0 Å². The molecule has 0 fully saturated rings. The minimum Gasteiger partial charge on any atom is -0.248 e. The van der Waals surface area contributed by atoms with E-state index in [9.17, 15) is 0 Å². The van der Waals surface area contributed by atoms with Crippen molar-refractivity contribution < 1.29 is 0 Å². The molecule has 0 aliphatic carbocycles. The van der Waals surface area contributed by atoms with Crippen LogP contribution in [0, 0.1) is 0 Å². The molecule has 0 aliphatic heterocycles. The van der Waals surface area contributed by atoms with E-state index < -0.39 is 0 Å². The van der Waals surface area contributed by atoms with Crippen molar-refractivity contribution in [1.29, 1.82) is 0 Å². The Kier molecular flexibility index (Phi) is 8.19. The Morgan fingerprint density at radius 1 is 0.224 bits per heavy atom. The molecule has 2 heterocycles. The summed E-state index contributed by atoms with van der Waals surface area (Å²) in [6.45, 7) is 0. The average Bonchev–Trinajstić information content (AvgIpc) is 3.31. The lowest BCUT2D eigenvalue weighted by Gasteiger charge is -2.16. The topological polar surface area (TPSA) is 25.8 Å². The number of hydrogen-bond acceptors (Lipinski definition) is 2. The Morgan fingerprint density at radius 2 is 0.655 bits per heavy atom. The van der Waals surface area contributed by atoms with Gasteiger partial charge >= 0.3 is 0 Å². The van der Waals surface area contributed by atoms with E-state index in [0.29, 0.717) is 0 Å². The molecular weight excluding hydrogens is 701 g/mol. The van der Waals surface area contributed by atoms with Gasteiger partial charge in [0.05, 0.1) is 22.6 Å². The van der Waals surface area contributed by atoms with Gasteiger partial charge < -0.3 is 0 Å². The van der Waals surface area contributed by atoms with Crippen LogP contribution in [0.5, 0.6) is 0 Å². The second kappa shape index (κ2) is 14.1. The minimum absolute atomic E-state index is 0.932. The molecule has 0 spiro atoms. The van der Waals surface area contributed by atoms with Crippen molar-refractivity contribution >= 4 is 43.2 Å². The van der Waals surface area contributed by atoms with Crippen LogP contribution in [0.1, 0.15) is 0 Å². The van der Waals surface area contributed by atoms with Gasteiger partial charge in [-0.05, 0) is 96.7 Å². The molecule has 0 amide bonds. The molecule has 0 bridgehead atoms. The Bertz CT molecular complexity index is 3260. The fourth-order valence-electron chi connectivity index (χ4n) is 8.44. The summed E-state index contributed by atoms with van der Waals surface area (Å²) in [4.78, 5) is 10.7. The van der Waals surface area contributed by atoms with Crippen molar-refractivity contribution in [1.82, 2.24) is 9.97 Å². The Labute approximate surface area is 337 Å². The SMILES string of the molecule is c1ccc(-c2cc(-c3ccccc3)nc(-c3ccc(-c4cc(-c5ccc6ccccc6c5)c5cc(-c6ccc7ccccc7c6)c6ccccc6c5n4)cc3)c2)cc1. The molecule has 0 unspecified atom stereocenters. The van der Waals surface area contributed by atoms with Crippen molar-refractivity contribution in [3.63, 3.8) is 0 Å². The number of nitrogens with zero attached hydrogens (tertiary/aromatic N) is 2. The largest absolute Gasteiger partial charge is 0.248 e. The van der Waals surface area contributed by atoms with E-state index in [1.54, 1.807) is 0 Å². The first kappa shape index (κ1) is 33.6. The van der Waals surface area contributed by atoms with Gasteiger partial charge in [-0.1, -0.05) is 182 Å². The van der Waals surface area contributed by atoms with E-state index in [-0.39, 0.29) is 0 Å². The highest BCUT2D eigenvalue weighted by Crippen LogP contribution is 2.42. The van der Waals surface area contributed by atoms with Gasteiger partial charge in [0, 0.05) is 27.5 Å². The number of fused-ring (bicyclic) bond motifs is 5. The molecule has 0 saturated heterocycles. The fourth-order valence-corrected chi connectivity index (χ4v) is 8.44. The van der Waals surface area contributed by atoms with Crippen LogP contribution in [0.2, 0.25) is 0 Å². The molecule has 11 rings (SSSR count). The van der Waals surface area contributed by atoms with Crippen LogP contribution in [0.4, 0.5) is 0 Å². The van der Waals surface area contributed by atoms with Crippen LogP contribution in [0.25, 0.3) is 110 Å². The maximum absolute atomic E-state index is 5.50. The molecule has 9 aromatic carbocycles. The van der Waals surface area contributed by atoms with Crippen molar-refractivity contribution in [2.24, 2.45) is 0 Å². The summed E-state index contributed by atoms with van der Waals surface area (Å²) >= 11 is 0. The molecule has 0 N–H and O–H groups in total. The third kappa shape index (κ3) is 6.09. The van der Waals surface area contributed by atoms with Gasteiger partial charge in [-0.3, -0.25) is 0 Å². The Balaban J connectivity index is 1.09. The van der Waals surface area contributed by atoms with Crippen LogP contribution in [-0.4, -0.2) is 9.97 Å². The second-order valence-electron chi connectivity index (χ2n) is 15.0. The molecule has 11 aromatic rings. The molecular formula is C56H36N2. The maximum Gasteiger partial charge on any atom is 0.0794 e. The first-order chi connectivity index (χ1) is 28.7. The zero-order valence-electron chi connectivity index (χ0n) is 31.7. The number of rotatable bonds is 6. The van der Waals surface area contributed by atoms with Crippen molar-refractivity contribution in [2.45, 2.75) is 0 Å². The van der Waals surface area contributed by atoms with Gasteiger partial charge in [0.2, 0.25) is 0 Å². The number of benzene rings is 9. The highest BCUT2D eigenvalue weighted by atomic mass is 14.7. The van der Waals surface area contributed by atoms with E-state index in [1.807, 2.05) is 6.07 Å². The van der Waals surface area contributed by atoms with E-state index in [0.717, 1.165) is 66.8 Å². The van der Waals surface area contributed by atoms with Gasteiger partial charge in [-0.15, -0.1) is 0 Å². The monoisotopic (exact) mass is 736 g/mol. The number of aromatic nitrogens is 2. The summed E-state index contributed by atoms with van der Waals surface area (Å²) in [6.07, 6.45) is 0. The summed E-state index contributed by atoms with van der Waals surface area (Å²) in [7, 11) is 0. The third-order valence-electron chi connectivity index (χ3n) is 11.4. The predicted octanol–water partition coefficient (Wildman–Crippen LogP) is 15.1. The van der Waals surface area contributed by atoms with Gasteiger partial charge in [0.1, 0.15) is 0 Å². The molecule has 2 heteroatoms.